The van der Waals surface area contributed by atoms with E-state index in [1.807, 2.05) is 0 Å². The molecule has 0 unspecified atom stereocenters. The minimum absolute atomic E-state index is 0.0105. The van der Waals surface area contributed by atoms with E-state index in [1.165, 1.54) is 122 Å². The van der Waals surface area contributed by atoms with Gasteiger partial charge in [0.1, 0.15) is 11.2 Å². The highest BCUT2D eigenvalue weighted by atomic mass is 16.7. The van der Waals surface area contributed by atoms with Crippen molar-refractivity contribution in [1.29, 1.82) is 0 Å². The Kier molecular flexibility index (Phi) is 33.6. The third kappa shape index (κ3) is 31.4. The highest BCUT2D eigenvalue weighted by Crippen LogP contribution is 2.18. The first-order chi connectivity index (χ1) is 23.3. The average Bonchev–Trinajstić information content (AvgIpc) is 3.05. The lowest BCUT2D eigenvalue weighted by Gasteiger charge is -2.23. The zero-order valence-electron chi connectivity index (χ0n) is 32.4. The van der Waals surface area contributed by atoms with E-state index < -0.39 is 5.03 Å². The molecule has 0 atom stereocenters. The molecular weight excluding hydrogens is 602 g/mol. The smallest absolute Gasteiger partial charge is 0.306 e. The van der Waals surface area contributed by atoms with Crippen molar-refractivity contribution in [3.63, 3.8) is 0 Å². The van der Waals surface area contributed by atoms with Gasteiger partial charge < -0.3 is 19.9 Å². The number of guanidine groups is 1. The molecule has 284 valence electrons. The summed E-state index contributed by atoms with van der Waals surface area (Å²) < 4.78 is 6.03. The first-order valence-electron chi connectivity index (χ1n) is 20.4. The first-order valence-corrected chi connectivity index (χ1v) is 20.4. The van der Waals surface area contributed by atoms with Crippen LogP contribution in [-0.4, -0.2) is 73.1 Å². The maximum Gasteiger partial charge on any atom is 0.306 e. The van der Waals surface area contributed by atoms with Gasteiger partial charge in [-0.05, 0) is 71.0 Å². The van der Waals surface area contributed by atoms with Crippen LogP contribution in [0.15, 0.2) is 5.10 Å². The highest BCUT2D eigenvalue weighted by Gasteiger charge is 2.14. The zero-order valence-corrected chi connectivity index (χ0v) is 32.4. The van der Waals surface area contributed by atoms with Gasteiger partial charge in [-0.15, -0.1) is 0 Å². The Morgan fingerprint density at radius 2 is 1.06 bits per heavy atom. The molecule has 0 aromatic rings. The number of hydrazone groups is 1. The second-order valence-electron chi connectivity index (χ2n) is 14.2. The number of hydrogen-bond donors (Lipinski definition) is 1. The quantitative estimate of drug-likeness (QED) is 0.0177. The molecule has 0 aromatic carbocycles. The van der Waals surface area contributed by atoms with Crippen LogP contribution in [0.4, 0.5) is 0 Å². The van der Waals surface area contributed by atoms with Gasteiger partial charge in [-0.3, -0.25) is 4.79 Å². The molecule has 0 amide bonds. The van der Waals surface area contributed by atoms with E-state index in [-0.39, 0.29) is 18.0 Å². The van der Waals surface area contributed by atoms with Crippen LogP contribution in [0.3, 0.4) is 0 Å². The van der Waals surface area contributed by atoms with E-state index >= 15 is 0 Å². The number of ether oxygens (including phenoxy) is 1. The van der Waals surface area contributed by atoms with Crippen molar-refractivity contribution >= 4 is 11.9 Å². The van der Waals surface area contributed by atoms with Crippen LogP contribution < -0.4 is 5.32 Å². The molecule has 0 aliphatic rings. The molecule has 0 aliphatic heterocycles. The van der Waals surface area contributed by atoms with Crippen LogP contribution >= 0.6 is 0 Å². The molecule has 0 aromatic heterocycles. The van der Waals surface area contributed by atoms with E-state index in [0.717, 1.165) is 64.6 Å². The van der Waals surface area contributed by atoms with Crippen LogP contribution in [0.5, 0.6) is 0 Å². The molecule has 48 heavy (non-hydrogen) atoms. The second-order valence-corrected chi connectivity index (χ2v) is 14.2. The number of unbranched alkanes of at least 4 members (excludes halogenated alkanes) is 19. The number of carbonyl (C=O) groups is 1. The Bertz CT molecular complexity index is 749. The predicted molar refractivity (Wildman–Crippen MR) is 204 cm³/mol. The van der Waals surface area contributed by atoms with Gasteiger partial charge in [-0.2, -0.15) is 0 Å². The molecule has 9 heteroatoms. The minimum Gasteiger partial charge on any atom is -0.462 e. The Morgan fingerprint density at radius 3 is 1.52 bits per heavy atom. The van der Waals surface area contributed by atoms with Crippen molar-refractivity contribution in [3.05, 3.63) is 10.1 Å². The van der Waals surface area contributed by atoms with Crippen molar-refractivity contribution in [3.8, 4) is 0 Å². The number of hydrogen-bond acceptors (Lipinski definition) is 5. The molecule has 0 aliphatic carbocycles. The SMILES string of the molecule is CCCCCCCCC(CCCCCCCC)OC(=O)CCCCCCCN(CCCCCCCC)CCCN/C(=N/[N+](=O)[O-])N(C)C. The molecule has 0 spiro atoms. The number of rotatable bonds is 35. The summed E-state index contributed by atoms with van der Waals surface area (Å²) >= 11 is 0. The van der Waals surface area contributed by atoms with Crippen molar-refractivity contribution in [1.82, 2.24) is 15.1 Å². The van der Waals surface area contributed by atoms with Gasteiger partial charge in [0.2, 0.25) is 0 Å². The molecule has 1 N–H and O–H groups in total. The third-order valence-electron chi connectivity index (χ3n) is 9.27. The minimum atomic E-state index is -0.651. The fourth-order valence-electron chi connectivity index (χ4n) is 6.26. The standard InChI is InChI=1S/C39H79N5O4/c1-6-9-12-15-19-24-30-37(31-25-20-16-13-10-7-2)48-38(45)32-26-21-18-23-28-35-43(34-27-22-17-14-11-8-3)36-29-33-40-39(42(4)5)41-44(46)47/h37H,6-36H2,1-5H3,(H,40,41). The number of esters is 1. The van der Waals surface area contributed by atoms with E-state index in [4.69, 9.17) is 4.74 Å². The summed E-state index contributed by atoms with van der Waals surface area (Å²) in [6.45, 7) is 10.6. The average molecular weight is 682 g/mol. The molecule has 0 saturated heterocycles. The summed E-state index contributed by atoms with van der Waals surface area (Å²) in [5, 5.41) is 16.7. The third-order valence-corrected chi connectivity index (χ3v) is 9.27. The van der Waals surface area contributed by atoms with E-state index in [0.29, 0.717) is 13.0 Å². The van der Waals surface area contributed by atoms with Crippen molar-refractivity contribution in [2.45, 2.75) is 200 Å². The summed E-state index contributed by atoms with van der Waals surface area (Å²) in [5.41, 5.74) is 0. The van der Waals surface area contributed by atoms with Crippen LogP contribution in [-0.2, 0) is 9.53 Å². The molecule has 0 heterocycles. The maximum atomic E-state index is 12.7. The Hall–Kier alpha value is -1.90. The van der Waals surface area contributed by atoms with Gasteiger partial charge in [-0.1, -0.05) is 136 Å². The van der Waals surface area contributed by atoms with Crippen LogP contribution in [0.25, 0.3) is 0 Å². The Morgan fingerprint density at radius 1 is 0.646 bits per heavy atom. The van der Waals surface area contributed by atoms with Gasteiger partial charge in [0.05, 0.1) is 0 Å². The van der Waals surface area contributed by atoms with E-state index in [9.17, 15) is 14.9 Å². The van der Waals surface area contributed by atoms with Gasteiger partial charge in [-0.25, -0.2) is 10.1 Å². The molecular formula is C39H79N5O4. The molecule has 0 fully saturated rings. The lowest BCUT2D eigenvalue weighted by molar-refractivity contribution is -0.485. The summed E-state index contributed by atoms with van der Waals surface area (Å²) in [7, 11) is 3.52. The fraction of sp³-hybridized carbons (Fsp3) is 0.949. The van der Waals surface area contributed by atoms with Gasteiger partial charge >= 0.3 is 5.97 Å². The lowest BCUT2D eigenvalue weighted by atomic mass is 10.0. The number of nitro groups is 1. The molecule has 0 radical (unpaired) electrons. The molecule has 0 rings (SSSR count). The van der Waals surface area contributed by atoms with Gasteiger partial charge in [0.25, 0.3) is 5.96 Å². The second kappa shape index (κ2) is 34.9. The van der Waals surface area contributed by atoms with E-state index in [2.05, 4.69) is 36.1 Å². The monoisotopic (exact) mass is 682 g/mol. The van der Waals surface area contributed by atoms with Crippen LogP contribution in [0, 0.1) is 10.1 Å². The summed E-state index contributed by atoms with van der Waals surface area (Å²) in [5.74, 6) is 0.300. The molecule has 0 saturated carbocycles. The summed E-state index contributed by atoms with van der Waals surface area (Å²) in [6, 6.07) is 0. The van der Waals surface area contributed by atoms with Crippen LogP contribution in [0.2, 0.25) is 0 Å². The first kappa shape index (κ1) is 46.1. The molecule has 0 bridgehead atoms. The number of nitrogens with zero attached hydrogens (tertiary/aromatic N) is 4. The lowest BCUT2D eigenvalue weighted by Crippen LogP contribution is -2.38. The Balaban J connectivity index is 4.46. The van der Waals surface area contributed by atoms with Gasteiger partial charge in [0.15, 0.2) is 5.03 Å². The highest BCUT2D eigenvalue weighted by molar-refractivity contribution is 5.78. The normalized spacial score (nSPS) is 11.9. The van der Waals surface area contributed by atoms with E-state index in [1.54, 1.807) is 19.0 Å². The summed E-state index contributed by atoms with van der Waals surface area (Å²) in [6.07, 6.45) is 32.2. The number of carbonyl (C=O) groups excluding carboxylic acids is 1. The predicted octanol–water partition coefficient (Wildman–Crippen LogP) is 10.5. The largest absolute Gasteiger partial charge is 0.462 e. The van der Waals surface area contributed by atoms with Crippen molar-refractivity contribution in [2.75, 3.05) is 40.3 Å². The molecule has 9 nitrogen and oxygen atoms in total. The van der Waals surface area contributed by atoms with Crippen molar-refractivity contribution in [2.24, 2.45) is 5.10 Å². The van der Waals surface area contributed by atoms with Gasteiger partial charge in [0, 0.05) is 27.1 Å². The number of nitrogens with one attached hydrogen (secondary N) is 1. The summed E-state index contributed by atoms with van der Waals surface area (Å²) in [4.78, 5) is 27.8. The fourth-order valence-corrected chi connectivity index (χ4v) is 6.26. The Labute approximate surface area is 296 Å². The van der Waals surface area contributed by atoms with Crippen molar-refractivity contribution < 1.29 is 14.6 Å². The maximum absolute atomic E-state index is 12.7. The zero-order chi connectivity index (χ0) is 35.5. The topological polar surface area (TPSA) is 100 Å². The van der Waals surface area contributed by atoms with Crippen LogP contribution in [0.1, 0.15) is 194 Å².